The predicted molar refractivity (Wildman–Crippen MR) is 122 cm³/mol. The molecule has 0 aliphatic rings. The van der Waals surface area contributed by atoms with Crippen LogP contribution >= 0.6 is 0 Å². The van der Waals surface area contributed by atoms with Crippen molar-refractivity contribution in [1.82, 2.24) is 19.6 Å². The van der Waals surface area contributed by atoms with Crippen LogP contribution in [0.5, 0.6) is 0 Å². The molecule has 11 nitrogen and oxygen atoms in total. The van der Waals surface area contributed by atoms with Crippen LogP contribution in [0, 0.1) is 10.1 Å². The van der Waals surface area contributed by atoms with E-state index in [-0.39, 0.29) is 29.2 Å². The van der Waals surface area contributed by atoms with Gasteiger partial charge in [0.25, 0.3) is 0 Å². The van der Waals surface area contributed by atoms with Crippen LogP contribution in [-0.2, 0) is 22.6 Å². The van der Waals surface area contributed by atoms with Crippen LogP contribution in [0.15, 0.2) is 73.2 Å². The zero-order chi connectivity index (χ0) is 24.1. The summed E-state index contributed by atoms with van der Waals surface area (Å²) < 4.78 is 7.56. The van der Waals surface area contributed by atoms with Gasteiger partial charge in [0.05, 0.1) is 36.0 Å². The molecule has 34 heavy (non-hydrogen) atoms. The fraction of sp³-hybridized carbons (Fsp3) is 0.130. The van der Waals surface area contributed by atoms with Gasteiger partial charge in [-0.15, -0.1) is 0 Å². The summed E-state index contributed by atoms with van der Waals surface area (Å²) >= 11 is 0. The second-order valence-corrected chi connectivity index (χ2v) is 7.32. The number of ether oxygens (including phenoxy) is 1. The number of hydrogen-bond acceptors (Lipinski definition) is 7. The third kappa shape index (κ3) is 4.99. The summed E-state index contributed by atoms with van der Waals surface area (Å²) in [6.45, 7) is 0.200. The molecule has 0 spiro atoms. The van der Waals surface area contributed by atoms with Gasteiger partial charge in [-0.25, -0.2) is 4.79 Å². The lowest BCUT2D eigenvalue weighted by molar-refractivity contribution is -0.384. The topological polar surface area (TPSA) is 134 Å². The fourth-order valence-corrected chi connectivity index (χ4v) is 3.39. The number of amides is 1. The van der Waals surface area contributed by atoms with Crippen LogP contribution in [0.3, 0.4) is 0 Å². The van der Waals surface area contributed by atoms with Gasteiger partial charge in [-0.2, -0.15) is 10.2 Å². The van der Waals surface area contributed by atoms with Crippen LogP contribution < -0.4 is 5.32 Å². The van der Waals surface area contributed by atoms with E-state index in [1.807, 2.05) is 30.3 Å². The Labute approximate surface area is 193 Å². The van der Waals surface area contributed by atoms with Crippen LogP contribution in [-0.4, -0.2) is 43.5 Å². The Morgan fingerprint density at radius 3 is 2.53 bits per heavy atom. The summed E-state index contributed by atoms with van der Waals surface area (Å²) in [7, 11) is 1.24. The number of anilines is 1. The SMILES string of the molecule is COC(=O)c1ccccc1NC(=O)Cn1cc([N+](=O)[O-])c(-c2cnn(Cc3ccccc3)c2)n1. The molecule has 172 valence electrons. The van der Waals surface area contributed by atoms with E-state index >= 15 is 0 Å². The molecular formula is C23H20N6O5. The third-order valence-corrected chi connectivity index (χ3v) is 4.95. The molecule has 0 aliphatic heterocycles. The number of rotatable bonds is 8. The van der Waals surface area contributed by atoms with Crippen molar-refractivity contribution in [3.63, 3.8) is 0 Å². The highest BCUT2D eigenvalue weighted by molar-refractivity contribution is 6.01. The molecule has 11 heteroatoms. The van der Waals surface area contributed by atoms with Gasteiger partial charge in [0.15, 0.2) is 5.69 Å². The van der Waals surface area contributed by atoms with Gasteiger partial charge in [0, 0.05) is 11.8 Å². The number of carbonyl (C=O) groups is 2. The molecular weight excluding hydrogens is 440 g/mol. The molecule has 0 fully saturated rings. The van der Waals surface area contributed by atoms with Gasteiger partial charge in [-0.3, -0.25) is 24.3 Å². The maximum absolute atomic E-state index is 12.6. The van der Waals surface area contributed by atoms with E-state index in [0.29, 0.717) is 12.1 Å². The second kappa shape index (κ2) is 9.77. The van der Waals surface area contributed by atoms with E-state index in [4.69, 9.17) is 4.74 Å². The minimum Gasteiger partial charge on any atom is -0.465 e. The van der Waals surface area contributed by atoms with Gasteiger partial charge in [-0.05, 0) is 17.7 Å². The van der Waals surface area contributed by atoms with Gasteiger partial charge in [-0.1, -0.05) is 42.5 Å². The van der Waals surface area contributed by atoms with E-state index in [0.717, 1.165) is 5.56 Å². The van der Waals surface area contributed by atoms with E-state index in [1.54, 1.807) is 29.1 Å². The normalized spacial score (nSPS) is 10.6. The van der Waals surface area contributed by atoms with Crippen molar-refractivity contribution in [3.8, 4) is 11.3 Å². The minimum absolute atomic E-state index is 0.104. The molecule has 0 saturated heterocycles. The van der Waals surface area contributed by atoms with Crippen molar-refractivity contribution in [2.75, 3.05) is 12.4 Å². The van der Waals surface area contributed by atoms with Gasteiger partial charge < -0.3 is 10.1 Å². The highest BCUT2D eigenvalue weighted by atomic mass is 16.6. The lowest BCUT2D eigenvalue weighted by Crippen LogP contribution is -2.20. The smallest absolute Gasteiger partial charge is 0.339 e. The van der Waals surface area contributed by atoms with Gasteiger partial charge in [0.1, 0.15) is 12.7 Å². The lowest BCUT2D eigenvalue weighted by Gasteiger charge is -2.09. The Morgan fingerprint density at radius 1 is 1.06 bits per heavy atom. The van der Waals surface area contributed by atoms with Crippen molar-refractivity contribution < 1.29 is 19.2 Å². The molecule has 2 aromatic heterocycles. The molecule has 0 bridgehead atoms. The largest absolute Gasteiger partial charge is 0.465 e. The number of nitro groups is 1. The number of hydrogen-bond donors (Lipinski definition) is 1. The van der Waals surface area contributed by atoms with E-state index in [9.17, 15) is 19.7 Å². The first-order valence-electron chi connectivity index (χ1n) is 10.2. The molecule has 0 aliphatic carbocycles. The summed E-state index contributed by atoms with van der Waals surface area (Å²) in [4.78, 5) is 35.5. The van der Waals surface area contributed by atoms with Crippen molar-refractivity contribution in [1.29, 1.82) is 0 Å². The zero-order valence-electron chi connectivity index (χ0n) is 18.1. The van der Waals surface area contributed by atoms with Crippen molar-refractivity contribution in [3.05, 3.63) is 94.4 Å². The van der Waals surface area contributed by atoms with E-state index in [1.165, 1.54) is 30.3 Å². The average molecular weight is 460 g/mol. The second-order valence-electron chi connectivity index (χ2n) is 7.32. The summed E-state index contributed by atoms with van der Waals surface area (Å²) in [5.74, 6) is -1.11. The summed E-state index contributed by atoms with van der Waals surface area (Å²) in [5, 5.41) is 22.7. The summed E-state index contributed by atoms with van der Waals surface area (Å²) in [6.07, 6.45) is 4.35. The molecule has 0 atom stereocenters. The first kappa shape index (κ1) is 22.4. The van der Waals surface area contributed by atoms with Crippen LogP contribution in [0.2, 0.25) is 0 Å². The molecule has 0 saturated carbocycles. The Morgan fingerprint density at radius 2 is 1.79 bits per heavy atom. The van der Waals surface area contributed by atoms with E-state index in [2.05, 4.69) is 15.5 Å². The number of nitrogens with zero attached hydrogens (tertiary/aromatic N) is 5. The lowest BCUT2D eigenvalue weighted by atomic mass is 10.2. The van der Waals surface area contributed by atoms with Crippen LogP contribution in [0.25, 0.3) is 11.3 Å². The zero-order valence-corrected chi connectivity index (χ0v) is 18.1. The number of aromatic nitrogens is 4. The Kier molecular flexibility index (Phi) is 6.44. The van der Waals surface area contributed by atoms with Crippen molar-refractivity contribution >= 4 is 23.3 Å². The van der Waals surface area contributed by atoms with Gasteiger partial charge >= 0.3 is 11.7 Å². The quantitative estimate of drug-likeness (QED) is 0.242. The van der Waals surface area contributed by atoms with Crippen LogP contribution in [0.1, 0.15) is 15.9 Å². The average Bonchev–Trinajstić information content (AvgIpc) is 3.46. The molecule has 0 radical (unpaired) electrons. The monoisotopic (exact) mass is 460 g/mol. The number of benzene rings is 2. The molecule has 4 rings (SSSR count). The standard InChI is InChI=1S/C23H20N6O5/c1-34-23(31)18-9-5-6-10-19(18)25-21(30)15-28-14-20(29(32)33)22(26-28)17-11-24-27(13-17)12-16-7-3-2-4-8-16/h2-11,13-14H,12,15H2,1H3,(H,25,30). The Bertz CT molecular complexity index is 1340. The van der Waals surface area contributed by atoms with Crippen LogP contribution in [0.4, 0.5) is 11.4 Å². The Hall–Kier alpha value is -4.80. The maximum Gasteiger partial charge on any atom is 0.339 e. The van der Waals surface area contributed by atoms with Gasteiger partial charge in [0.2, 0.25) is 5.91 Å². The number of carbonyl (C=O) groups excluding carboxylic acids is 2. The molecule has 1 amide bonds. The highest BCUT2D eigenvalue weighted by Crippen LogP contribution is 2.28. The third-order valence-electron chi connectivity index (χ3n) is 4.95. The fourth-order valence-electron chi connectivity index (χ4n) is 3.39. The minimum atomic E-state index is -0.597. The van der Waals surface area contributed by atoms with E-state index < -0.39 is 16.8 Å². The summed E-state index contributed by atoms with van der Waals surface area (Å²) in [6, 6.07) is 16.0. The number of para-hydroxylation sites is 1. The van der Waals surface area contributed by atoms with Crippen molar-refractivity contribution in [2.45, 2.75) is 13.1 Å². The first-order chi connectivity index (χ1) is 16.4. The number of nitrogens with one attached hydrogen (secondary N) is 1. The summed E-state index contributed by atoms with van der Waals surface area (Å²) in [5.41, 5.74) is 1.80. The molecule has 0 unspecified atom stereocenters. The molecule has 1 N–H and O–H groups in total. The number of methoxy groups -OCH3 is 1. The molecule has 2 aromatic carbocycles. The molecule has 2 heterocycles. The number of esters is 1. The first-order valence-corrected chi connectivity index (χ1v) is 10.2. The predicted octanol–water partition coefficient (Wildman–Crippen LogP) is 3.13. The van der Waals surface area contributed by atoms with Crippen molar-refractivity contribution in [2.24, 2.45) is 0 Å². The highest BCUT2D eigenvalue weighted by Gasteiger charge is 2.23. The maximum atomic E-state index is 12.6. The Balaban J connectivity index is 1.53. The molecule has 4 aromatic rings.